The summed E-state index contributed by atoms with van der Waals surface area (Å²) in [4.78, 5) is 12.2. The van der Waals surface area contributed by atoms with Gasteiger partial charge in [-0.25, -0.2) is 4.79 Å². The van der Waals surface area contributed by atoms with Gasteiger partial charge in [-0.15, -0.1) is 0 Å². The predicted molar refractivity (Wildman–Crippen MR) is 99.0 cm³/mol. The molecule has 0 aliphatic carbocycles. The Bertz CT molecular complexity index is 1060. The second-order valence-electron chi connectivity index (χ2n) is 5.97. The lowest BCUT2D eigenvalue weighted by atomic mass is 10.0. The van der Waals surface area contributed by atoms with Crippen LogP contribution in [-0.4, -0.2) is 9.78 Å². The Labute approximate surface area is 145 Å². The van der Waals surface area contributed by atoms with Crippen molar-refractivity contribution in [3.05, 3.63) is 82.8 Å². The van der Waals surface area contributed by atoms with Crippen LogP contribution >= 0.6 is 0 Å². The molecule has 0 saturated carbocycles. The Balaban J connectivity index is 2.08. The maximum Gasteiger partial charge on any atom is 0.338 e. The van der Waals surface area contributed by atoms with Crippen molar-refractivity contribution in [3.8, 4) is 16.8 Å². The fourth-order valence-electron chi connectivity index (χ4n) is 3.13. The smallest absolute Gasteiger partial charge is 0.338 e. The van der Waals surface area contributed by atoms with Crippen LogP contribution in [0, 0.1) is 0 Å². The topological polar surface area (TPSA) is 48.0 Å². The van der Waals surface area contributed by atoms with Gasteiger partial charge in [0, 0.05) is 11.6 Å². The summed E-state index contributed by atoms with van der Waals surface area (Å²) in [7, 11) is 0. The van der Waals surface area contributed by atoms with E-state index in [-0.39, 0.29) is 5.63 Å². The average Bonchev–Trinajstić information content (AvgIpc) is 3.01. The van der Waals surface area contributed by atoms with Crippen LogP contribution in [0.3, 0.4) is 0 Å². The highest BCUT2D eigenvalue weighted by Crippen LogP contribution is 2.31. The Morgan fingerprint density at radius 3 is 2.36 bits per heavy atom. The third-order valence-electron chi connectivity index (χ3n) is 4.22. The molecule has 0 N–H and O–H groups in total. The molecule has 0 radical (unpaired) electrons. The summed E-state index contributed by atoms with van der Waals surface area (Å²) < 4.78 is 7.31. The first kappa shape index (κ1) is 15.4. The highest BCUT2D eigenvalue weighted by molar-refractivity contribution is 5.94. The van der Waals surface area contributed by atoms with Crippen molar-refractivity contribution < 1.29 is 4.42 Å². The molecule has 0 amide bonds. The largest absolute Gasteiger partial charge is 0.403 e. The van der Waals surface area contributed by atoms with Gasteiger partial charge < -0.3 is 4.42 Å². The molecule has 0 aliphatic heterocycles. The van der Waals surface area contributed by atoms with Gasteiger partial charge in [-0.05, 0) is 24.1 Å². The number of para-hydroxylation sites is 1. The summed E-state index contributed by atoms with van der Waals surface area (Å²) >= 11 is 0. The quantitative estimate of drug-likeness (QED) is 0.549. The highest BCUT2D eigenvalue weighted by Gasteiger charge is 2.19. The number of benzene rings is 2. The van der Waals surface area contributed by atoms with Crippen molar-refractivity contribution in [3.63, 3.8) is 0 Å². The van der Waals surface area contributed by atoms with Gasteiger partial charge in [-0.1, -0.05) is 61.9 Å². The number of aryl methyl sites for hydroxylation is 1. The first-order valence-electron chi connectivity index (χ1n) is 8.44. The summed E-state index contributed by atoms with van der Waals surface area (Å²) in [5, 5.41) is 5.67. The molecule has 124 valence electrons. The van der Waals surface area contributed by atoms with Crippen molar-refractivity contribution >= 4 is 11.1 Å². The summed E-state index contributed by atoms with van der Waals surface area (Å²) in [5.74, 6) is 0. The molecule has 0 unspecified atom stereocenters. The van der Waals surface area contributed by atoms with E-state index in [4.69, 9.17) is 9.52 Å². The lowest BCUT2D eigenvalue weighted by Gasteiger charge is -2.05. The van der Waals surface area contributed by atoms with Gasteiger partial charge in [-0.2, -0.15) is 9.78 Å². The van der Waals surface area contributed by atoms with E-state index in [1.54, 1.807) is 10.7 Å². The average molecular weight is 330 g/mol. The van der Waals surface area contributed by atoms with E-state index in [9.17, 15) is 4.79 Å². The van der Waals surface area contributed by atoms with Crippen molar-refractivity contribution in [1.82, 2.24) is 9.78 Å². The molecule has 4 aromatic rings. The SMILES string of the molecule is CCCc1nn(-c2ccccc2)c2oc(=O)cc(-c3ccccc3)c12. The van der Waals surface area contributed by atoms with E-state index >= 15 is 0 Å². The molecule has 0 spiro atoms. The molecule has 4 heteroatoms. The summed E-state index contributed by atoms with van der Waals surface area (Å²) in [6, 6.07) is 21.2. The molecule has 0 atom stereocenters. The number of hydrogen-bond donors (Lipinski definition) is 0. The maximum atomic E-state index is 12.2. The zero-order valence-electron chi connectivity index (χ0n) is 14.0. The Morgan fingerprint density at radius 2 is 1.68 bits per heavy atom. The van der Waals surface area contributed by atoms with E-state index in [0.29, 0.717) is 5.71 Å². The lowest BCUT2D eigenvalue weighted by molar-refractivity contribution is 0.536. The molecule has 0 fully saturated rings. The van der Waals surface area contributed by atoms with Crippen molar-refractivity contribution in [1.29, 1.82) is 0 Å². The molecular formula is C21H18N2O2. The second kappa shape index (κ2) is 6.40. The number of aromatic nitrogens is 2. The third kappa shape index (κ3) is 2.76. The van der Waals surface area contributed by atoms with Gasteiger partial charge in [-0.3, -0.25) is 0 Å². The molecule has 4 nitrogen and oxygen atoms in total. The minimum Gasteiger partial charge on any atom is -0.403 e. The predicted octanol–water partition coefficient (Wildman–Crippen LogP) is 4.60. The van der Waals surface area contributed by atoms with Gasteiger partial charge in [0.25, 0.3) is 0 Å². The minimum absolute atomic E-state index is 0.369. The molecular weight excluding hydrogens is 312 g/mol. The first-order valence-corrected chi connectivity index (χ1v) is 8.44. The fraction of sp³-hybridized carbons (Fsp3) is 0.143. The molecule has 4 rings (SSSR count). The highest BCUT2D eigenvalue weighted by atomic mass is 16.4. The van der Waals surface area contributed by atoms with Crippen LogP contribution < -0.4 is 5.63 Å². The molecule has 25 heavy (non-hydrogen) atoms. The maximum absolute atomic E-state index is 12.2. The summed E-state index contributed by atoms with van der Waals surface area (Å²) in [6.07, 6.45) is 1.79. The summed E-state index contributed by atoms with van der Waals surface area (Å²) in [6.45, 7) is 2.12. The van der Waals surface area contributed by atoms with E-state index in [1.807, 2.05) is 60.7 Å². The molecule has 0 aliphatic rings. The number of rotatable bonds is 4. The molecule has 0 saturated heterocycles. The van der Waals surface area contributed by atoms with Crippen molar-refractivity contribution in [2.45, 2.75) is 19.8 Å². The van der Waals surface area contributed by atoms with E-state index < -0.39 is 0 Å². The monoisotopic (exact) mass is 330 g/mol. The van der Waals surface area contributed by atoms with Gasteiger partial charge in [0.05, 0.1) is 16.8 Å². The summed E-state index contributed by atoms with van der Waals surface area (Å²) in [5.41, 5.74) is 3.82. The van der Waals surface area contributed by atoms with Gasteiger partial charge in [0.1, 0.15) is 0 Å². The number of fused-ring (bicyclic) bond motifs is 1. The molecule has 2 heterocycles. The molecule has 2 aromatic carbocycles. The van der Waals surface area contributed by atoms with Crippen LogP contribution in [0.15, 0.2) is 75.9 Å². The Morgan fingerprint density at radius 1 is 1.00 bits per heavy atom. The van der Waals surface area contributed by atoms with Crippen LogP contribution in [0.5, 0.6) is 0 Å². The number of hydrogen-bond acceptors (Lipinski definition) is 3. The first-order chi connectivity index (χ1) is 12.3. The van der Waals surface area contributed by atoms with E-state index in [2.05, 4.69) is 6.92 Å². The minimum atomic E-state index is -0.369. The zero-order chi connectivity index (χ0) is 17.2. The van der Waals surface area contributed by atoms with Crippen LogP contribution in [0.25, 0.3) is 27.9 Å². The lowest BCUT2D eigenvalue weighted by Crippen LogP contribution is -2.01. The standard InChI is InChI=1S/C21H18N2O2/c1-2-9-18-20-17(15-10-5-3-6-11-15)14-19(24)25-21(20)23(22-18)16-12-7-4-8-13-16/h3-8,10-14H,2,9H2,1H3. The normalized spacial score (nSPS) is 11.1. The van der Waals surface area contributed by atoms with Gasteiger partial charge >= 0.3 is 5.63 Å². The van der Waals surface area contributed by atoms with Crippen LogP contribution in [0.2, 0.25) is 0 Å². The van der Waals surface area contributed by atoms with Crippen LogP contribution in [0.1, 0.15) is 19.0 Å². The second-order valence-corrected chi connectivity index (χ2v) is 5.97. The Kier molecular flexibility index (Phi) is 3.94. The zero-order valence-corrected chi connectivity index (χ0v) is 14.0. The van der Waals surface area contributed by atoms with Gasteiger partial charge in [0.2, 0.25) is 5.71 Å². The fourth-order valence-corrected chi connectivity index (χ4v) is 3.13. The third-order valence-corrected chi connectivity index (χ3v) is 4.22. The van der Waals surface area contributed by atoms with Crippen LogP contribution in [0.4, 0.5) is 0 Å². The van der Waals surface area contributed by atoms with Crippen molar-refractivity contribution in [2.24, 2.45) is 0 Å². The number of nitrogens with zero attached hydrogens (tertiary/aromatic N) is 2. The van der Waals surface area contributed by atoms with E-state index in [1.165, 1.54) is 0 Å². The van der Waals surface area contributed by atoms with Crippen LogP contribution in [-0.2, 0) is 6.42 Å². The molecule has 2 aromatic heterocycles. The Hall–Kier alpha value is -3.14. The molecule has 0 bridgehead atoms. The van der Waals surface area contributed by atoms with Crippen molar-refractivity contribution in [2.75, 3.05) is 0 Å². The van der Waals surface area contributed by atoms with E-state index in [0.717, 1.165) is 40.7 Å². The van der Waals surface area contributed by atoms with Gasteiger partial charge in [0.15, 0.2) is 0 Å².